The van der Waals surface area contributed by atoms with Crippen LogP contribution >= 0.6 is 0 Å². The van der Waals surface area contributed by atoms with Gasteiger partial charge >= 0.3 is 0 Å². The molecule has 0 spiro atoms. The van der Waals surface area contributed by atoms with Gasteiger partial charge in [0.25, 0.3) is 0 Å². The quantitative estimate of drug-likeness (QED) is 0.760. The molecular formula is C12H12N4. The molecule has 0 unspecified atom stereocenters. The van der Waals surface area contributed by atoms with Crippen molar-refractivity contribution in [3.8, 4) is 17.3 Å². The number of nitrogens with zero attached hydrogens (tertiary/aromatic N) is 2. The normalized spacial score (nSPS) is 10.1. The Bertz CT molecular complexity index is 575. The summed E-state index contributed by atoms with van der Waals surface area (Å²) in [5, 5.41) is 15.7. The third kappa shape index (κ3) is 1.63. The Balaban J connectivity index is 2.65. The number of nitrogen functional groups attached to an aromatic ring is 1. The van der Waals surface area contributed by atoms with Gasteiger partial charge in [-0.2, -0.15) is 10.4 Å². The third-order valence-corrected chi connectivity index (χ3v) is 2.68. The van der Waals surface area contributed by atoms with Gasteiger partial charge in [0, 0.05) is 11.6 Å². The van der Waals surface area contributed by atoms with Gasteiger partial charge < -0.3 is 5.73 Å². The average Bonchev–Trinajstić information content (AvgIpc) is 2.68. The Morgan fingerprint density at radius 3 is 2.62 bits per heavy atom. The highest BCUT2D eigenvalue weighted by Gasteiger charge is 2.08. The van der Waals surface area contributed by atoms with Crippen molar-refractivity contribution in [3.05, 3.63) is 34.9 Å². The minimum absolute atomic E-state index is 0.453. The van der Waals surface area contributed by atoms with Crippen molar-refractivity contribution < 1.29 is 0 Å². The number of nitriles is 1. The molecule has 2 rings (SSSR count). The summed E-state index contributed by atoms with van der Waals surface area (Å²) >= 11 is 0. The van der Waals surface area contributed by atoms with Gasteiger partial charge in [0.2, 0.25) is 0 Å². The van der Waals surface area contributed by atoms with Gasteiger partial charge in [-0.15, -0.1) is 0 Å². The number of hydrogen-bond donors (Lipinski definition) is 2. The predicted molar refractivity (Wildman–Crippen MR) is 62.6 cm³/mol. The van der Waals surface area contributed by atoms with E-state index in [4.69, 9.17) is 11.0 Å². The first-order chi connectivity index (χ1) is 7.61. The molecule has 0 atom stereocenters. The molecule has 80 valence electrons. The van der Waals surface area contributed by atoms with E-state index in [0.717, 1.165) is 22.4 Å². The minimum atomic E-state index is 0.453. The molecule has 0 saturated heterocycles. The van der Waals surface area contributed by atoms with Crippen LogP contribution in [0, 0.1) is 25.2 Å². The van der Waals surface area contributed by atoms with Crippen molar-refractivity contribution in [2.24, 2.45) is 0 Å². The maximum atomic E-state index is 8.93. The Labute approximate surface area is 93.7 Å². The minimum Gasteiger partial charge on any atom is -0.382 e. The highest BCUT2D eigenvalue weighted by Crippen LogP contribution is 2.26. The summed E-state index contributed by atoms with van der Waals surface area (Å²) in [5.41, 5.74) is 10.2. The van der Waals surface area contributed by atoms with E-state index in [-0.39, 0.29) is 0 Å². The molecule has 0 aliphatic heterocycles. The third-order valence-electron chi connectivity index (χ3n) is 2.68. The van der Waals surface area contributed by atoms with Crippen LogP contribution in [0.5, 0.6) is 0 Å². The summed E-state index contributed by atoms with van der Waals surface area (Å²) in [6, 6.07) is 7.63. The van der Waals surface area contributed by atoms with Crippen LogP contribution in [0.4, 0.5) is 5.82 Å². The summed E-state index contributed by atoms with van der Waals surface area (Å²) in [5.74, 6) is 0.453. The standard InChI is InChI=1S/C12H12N4/c1-7-3-9(6-13)4-10(8(7)2)11-5-12(14)16-15-11/h3-5H,1-2H3,(H3,14,15,16). The molecular weight excluding hydrogens is 200 g/mol. The summed E-state index contributed by atoms with van der Waals surface area (Å²) in [6.07, 6.45) is 0. The van der Waals surface area contributed by atoms with E-state index >= 15 is 0 Å². The number of nitrogens with one attached hydrogen (secondary N) is 1. The molecule has 1 heterocycles. The topological polar surface area (TPSA) is 78.5 Å². The predicted octanol–water partition coefficient (Wildman–Crippen LogP) is 2.15. The van der Waals surface area contributed by atoms with Gasteiger partial charge in [-0.05, 0) is 37.1 Å². The van der Waals surface area contributed by atoms with Crippen molar-refractivity contribution in [1.82, 2.24) is 10.2 Å². The molecule has 0 radical (unpaired) electrons. The molecule has 1 aromatic carbocycles. The first-order valence-corrected chi connectivity index (χ1v) is 4.94. The Morgan fingerprint density at radius 1 is 1.31 bits per heavy atom. The second-order valence-electron chi connectivity index (χ2n) is 3.78. The number of hydrogen-bond acceptors (Lipinski definition) is 3. The lowest BCUT2D eigenvalue weighted by molar-refractivity contribution is 1.10. The van der Waals surface area contributed by atoms with Crippen LogP contribution in [0.1, 0.15) is 16.7 Å². The molecule has 4 nitrogen and oxygen atoms in total. The zero-order valence-electron chi connectivity index (χ0n) is 9.20. The van der Waals surface area contributed by atoms with Gasteiger partial charge in [-0.25, -0.2) is 0 Å². The van der Waals surface area contributed by atoms with Crippen LogP contribution in [0.25, 0.3) is 11.3 Å². The van der Waals surface area contributed by atoms with Crippen molar-refractivity contribution in [3.63, 3.8) is 0 Å². The van der Waals surface area contributed by atoms with E-state index < -0.39 is 0 Å². The number of benzene rings is 1. The number of aromatic nitrogens is 2. The molecule has 4 heteroatoms. The number of anilines is 1. The highest BCUT2D eigenvalue weighted by molar-refractivity contribution is 5.69. The van der Waals surface area contributed by atoms with E-state index in [2.05, 4.69) is 16.3 Å². The van der Waals surface area contributed by atoms with E-state index in [0.29, 0.717) is 11.4 Å². The molecule has 2 aromatic rings. The molecule has 0 fully saturated rings. The Kier molecular flexibility index (Phi) is 2.37. The lowest BCUT2D eigenvalue weighted by Gasteiger charge is -2.07. The van der Waals surface area contributed by atoms with Crippen LogP contribution in [0.2, 0.25) is 0 Å². The zero-order valence-corrected chi connectivity index (χ0v) is 9.20. The first-order valence-electron chi connectivity index (χ1n) is 4.94. The van der Waals surface area contributed by atoms with Gasteiger partial charge in [0.05, 0.1) is 17.3 Å². The molecule has 0 aliphatic carbocycles. The van der Waals surface area contributed by atoms with Crippen molar-refractivity contribution in [1.29, 1.82) is 5.26 Å². The van der Waals surface area contributed by atoms with Crippen LogP contribution in [0.15, 0.2) is 18.2 Å². The lowest BCUT2D eigenvalue weighted by atomic mass is 9.98. The number of aromatic amines is 1. The van der Waals surface area contributed by atoms with Gasteiger partial charge in [0.15, 0.2) is 0 Å². The number of rotatable bonds is 1. The lowest BCUT2D eigenvalue weighted by Crippen LogP contribution is -1.90. The summed E-state index contributed by atoms with van der Waals surface area (Å²) < 4.78 is 0. The number of H-pyrrole nitrogens is 1. The van der Waals surface area contributed by atoms with Crippen molar-refractivity contribution in [2.45, 2.75) is 13.8 Å². The molecule has 0 amide bonds. The largest absolute Gasteiger partial charge is 0.382 e. The van der Waals surface area contributed by atoms with E-state index in [1.165, 1.54) is 0 Å². The smallest absolute Gasteiger partial charge is 0.145 e. The van der Waals surface area contributed by atoms with E-state index in [9.17, 15) is 0 Å². The number of aryl methyl sites for hydroxylation is 1. The average molecular weight is 212 g/mol. The molecule has 0 saturated carbocycles. The second kappa shape index (κ2) is 3.70. The van der Waals surface area contributed by atoms with Crippen molar-refractivity contribution in [2.75, 3.05) is 5.73 Å². The maximum Gasteiger partial charge on any atom is 0.145 e. The first kappa shape index (κ1) is 10.2. The second-order valence-corrected chi connectivity index (χ2v) is 3.78. The van der Waals surface area contributed by atoms with Gasteiger partial charge in [0.1, 0.15) is 5.82 Å². The fourth-order valence-corrected chi connectivity index (χ4v) is 1.68. The SMILES string of the molecule is Cc1cc(C#N)cc(-c2cc(N)n[nH]2)c1C. The molecule has 0 aliphatic rings. The maximum absolute atomic E-state index is 8.93. The van der Waals surface area contributed by atoms with Crippen LogP contribution < -0.4 is 5.73 Å². The summed E-state index contributed by atoms with van der Waals surface area (Å²) in [7, 11) is 0. The fourth-order valence-electron chi connectivity index (χ4n) is 1.68. The molecule has 3 N–H and O–H groups in total. The van der Waals surface area contributed by atoms with E-state index in [1.54, 1.807) is 6.07 Å². The van der Waals surface area contributed by atoms with E-state index in [1.807, 2.05) is 26.0 Å². The monoisotopic (exact) mass is 212 g/mol. The van der Waals surface area contributed by atoms with Gasteiger partial charge in [-0.1, -0.05) is 0 Å². The van der Waals surface area contributed by atoms with Crippen molar-refractivity contribution >= 4 is 5.82 Å². The highest BCUT2D eigenvalue weighted by atomic mass is 15.2. The number of nitrogens with two attached hydrogens (primary N) is 1. The van der Waals surface area contributed by atoms with Crippen LogP contribution in [0.3, 0.4) is 0 Å². The van der Waals surface area contributed by atoms with Crippen LogP contribution in [-0.4, -0.2) is 10.2 Å². The van der Waals surface area contributed by atoms with Gasteiger partial charge in [-0.3, -0.25) is 5.10 Å². The Morgan fingerprint density at radius 2 is 2.06 bits per heavy atom. The molecule has 0 bridgehead atoms. The Hall–Kier alpha value is -2.28. The molecule has 16 heavy (non-hydrogen) atoms. The summed E-state index contributed by atoms with van der Waals surface area (Å²) in [6.45, 7) is 4.00. The summed E-state index contributed by atoms with van der Waals surface area (Å²) in [4.78, 5) is 0. The fraction of sp³-hybridized carbons (Fsp3) is 0.167. The zero-order chi connectivity index (χ0) is 11.7. The van der Waals surface area contributed by atoms with Crippen LogP contribution in [-0.2, 0) is 0 Å². The molecule has 1 aromatic heterocycles.